The molecule has 0 aliphatic carbocycles. The second-order valence-electron chi connectivity index (χ2n) is 12.4. The Morgan fingerprint density at radius 2 is 1.91 bits per heavy atom. The molecule has 0 bridgehead atoms. The van der Waals surface area contributed by atoms with Gasteiger partial charge < -0.3 is 20.6 Å². The maximum atomic E-state index is 14.1. The van der Waals surface area contributed by atoms with Crippen LogP contribution >= 0.6 is 27.3 Å². The molecule has 0 saturated carbocycles. The van der Waals surface area contributed by atoms with Gasteiger partial charge in [0, 0.05) is 49.9 Å². The van der Waals surface area contributed by atoms with E-state index in [0.29, 0.717) is 31.8 Å². The number of aliphatic hydroxyl groups excluding tert-OH is 1. The van der Waals surface area contributed by atoms with Gasteiger partial charge in [0.05, 0.1) is 17.5 Å². The number of nitrogens with one attached hydrogen (secondary N) is 3. The topological polar surface area (TPSA) is 136 Å². The van der Waals surface area contributed by atoms with E-state index >= 15 is 0 Å². The van der Waals surface area contributed by atoms with Crippen molar-refractivity contribution in [1.82, 2.24) is 31.3 Å². The minimum atomic E-state index is -0.655. The van der Waals surface area contributed by atoms with Crippen molar-refractivity contribution in [3.63, 3.8) is 0 Å². The number of para-hydroxylation sites is 1. The highest BCUT2D eigenvalue weighted by molar-refractivity contribution is 9.10. The molecule has 5 aromatic rings. The number of hydrogen-bond donors (Lipinski definition) is 4. The molecule has 46 heavy (non-hydrogen) atoms. The fourth-order valence-corrected chi connectivity index (χ4v) is 7.91. The van der Waals surface area contributed by atoms with Crippen LogP contribution in [0.3, 0.4) is 0 Å². The Morgan fingerprint density at radius 3 is 2.67 bits per heavy atom. The molecule has 0 radical (unpaired) electrons. The molecule has 2 atom stereocenters. The number of aryl methyl sites for hydroxylation is 1. The van der Waals surface area contributed by atoms with Crippen molar-refractivity contribution in [2.75, 3.05) is 11.4 Å². The average Bonchev–Trinajstić information content (AvgIpc) is 3.66. The number of fused-ring (bicyclic) bond motifs is 2. The summed E-state index contributed by atoms with van der Waals surface area (Å²) in [5.74, 6) is 0.262. The van der Waals surface area contributed by atoms with E-state index in [-0.39, 0.29) is 18.2 Å². The number of amides is 2. The normalized spacial score (nSPS) is 15.9. The van der Waals surface area contributed by atoms with Gasteiger partial charge in [-0.3, -0.25) is 9.59 Å². The third-order valence-corrected chi connectivity index (χ3v) is 10.5. The first kappa shape index (κ1) is 32.0. The van der Waals surface area contributed by atoms with Gasteiger partial charge in [-0.25, -0.2) is 5.10 Å². The maximum absolute atomic E-state index is 14.1. The Kier molecular flexibility index (Phi) is 9.32. The molecule has 4 N–H and O–H groups in total. The molecule has 10 nitrogen and oxygen atoms in total. The predicted molar refractivity (Wildman–Crippen MR) is 184 cm³/mol. The number of aromatic nitrogens is 4. The zero-order chi connectivity index (χ0) is 32.4. The highest BCUT2D eigenvalue weighted by Crippen LogP contribution is 2.45. The van der Waals surface area contributed by atoms with E-state index in [2.05, 4.69) is 77.5 Å². The van der Waals surface area contributed by atoms with Gasteiger partial charge in [-0.1, -0.05) is 48.5 Å². The largest absolute Gasteiger partial charge is 0.392 e. The van der Waals surface area contributed by atoms with Gasteiger partial charge in [0.25, 0.3) is 0 Å². The second kappa shape index (κ2) is 13.4. The Balaban J connectivity index is 1.27. The molecule has 0 unspecified atom stereocenters. The van der Waals surface area contributed by atoms with Crippen molar-refractivity contribution in [2.45, 2.75) is 64.3 Å². The van der Waals surface area contributed by atoms with E-state index < -0.39 is 17.7 Å². The van der Waals surface area contributed by atoms with E-state index in [1.54, 1.807) is 23.2 Å². The van der Waals surface area contributed by atoms with Crippen LogP contribution in [0.1, 0.15) is 44.7 Å². The molecular weight excluding hydrogens is 666 g/mol. The number of carbonyl (C=O) groups is 2. The summed E-state index contributed by atoms with van der Waals surface area (Å²) in [6.07, 6.45) is 0.840. The van der Waals surface area contributed by atoms with Crippen LogP contribution in [0.15, 0.2) is 71.2 Å². The van der Waals surface area contributed by atoms with Crippen LogP contribution in [0, 0.1) is 0 Å². The van der Waals surface area contributed by atoms with E-state index in [9.17, 15) is 14.7 Å². The number of H-pyrrole nitrogens is 1. The number of rotatable bonds is 10. The van der Waals surface area contributed by atoms with Crippen LogP contribution in [0.25, 0.3) is 31.9 Å². The van der Waals surface area contributed by atoms with Crippen LogP contribution < -0.4 is 15.5 Å². The number of hydrogen-bond acceptors (Lipinski definition) is 8. The lowest BCUT2D eigenvalue weighted by Gasteiger charge is -2.29. The lowest BCUT2D eigenvalue weighted by atomic mass is 9.99. The molecule has 12 heteroatoms. The second-order valence-corrected chi connectivity index (χ2v) is 14.2. The first-order chi connectivity index (χ1) is 22.1. The molecule has 1 aliphatic rings. The number of tetrazole rings is 1. The molecule has 0 fully saturated rings. The monoisotopic (exact) mass is 701 g/mol. The summed E-state index contributed by atoms with van der Waals surface area (Å²) in [5.41, 5.74) is 4.29. The molecular formula is C34H36BrN7O3S. The molecule has 2 aromatic heterocycles. The molecule has 3 aromatic carbocycles. The van der Waals surface area contributed by atoms with Crippen LogP contribution in [0.2, 0.25) is 0 Å². The number of thiophene rings is 1. The number of aromatic amines is 1. The molecule has 0 saturated heterocycles. The number of carbonyl (C=O) groups excluding carboxylic acids is 2. The lowest BCUT2D eigenvalue weighted by Crippen LogP contribution is -2.51. The Labute approximate surface area is 279 Å². The molecule has 3 heterocycles. The summed E-state index contributed by atoms with van der Waals surface area (Å²) in [6, 6.07) is 21.6. The Morgan fingerprint density at radius 1 is 1.15 bits per heavy atom. The lowest BCUT2D eigenvalue weighted by molar-refractivity contribution is -0.128. The Bertz CT molecular complexity index is 1870. The standard InChI is InChI=1S/C34H36BrN7O3S/c1-20(43)18-36-34(2,3)17-29(44)37-26-14-13-22-8-4-7-11-27(22)42(33(26)45)19-21-12-15-28-25(16-21)30(35)31(46-28)23-9-5-6-10-24(23)32-38-40-41-39-32/h4-12,15-16,20,26,36,43H,13-14,17-19H2,1-3H3,(H,37,44)(H,38,39,40,41)/t20-,26-/m1/s1. The SMILES string of the molecule is C[C@@H](O)CNC(C)(C)CC(=O)N[C@@H]1CCc2ccccc2N(Cc2ccc3sc(-c4ccccc4-c4nnn[nH]4)c(Br)c3c2)C1=O. The van der Waals surface area contributed by atoms with Crippen molar-refractivity contribution in [1.29, 1.82) is 0 Å². The van der Waals surface area contributed by atoms with Gasteiger partial charge in [0.1, 0.15) is 6.04 Å². The van der Waals surface area contributed by atoms with Crippen LogP contribution in [-0.2, 0) is 22.6 Å². The Hall–Kier alpha value is -3.97. The number of nitrogens with zero attached hydrogens (tertiary/aromatic N) is 4. The third kappa shape index (κ3) is 6.90. The number of benzene rings is 3. The van der Waals surface area contributed by atoms with E-state index in [4.69, 9.17) is 0 Å². The van der Waals surface area contributed by atoms with Crippen molar-refractivity contribution in [2.24, 2.45) is 0 Å². The van der Waals surface area contributed by atoms with Crippen molar-refractivity contribution in [3.8, 4) is 21.8 Å². The van der Waals surface area contributed by atoms with E-state index in [0.717, 1.165) is 47.4 Å². The summed E-state index contributed by atoms with van der Waals surface area (Å²) in [5, 5.41) is 31.5. The van der Waals surface area contributed by atoms with Gasteiger partial charge in [0.15, 0.2) is 5.82 Å². The highest BCUT2D eigenvalue weighted by Gasteiger charge is 2.33. The van der Waals surface area contributed by atoms with Crippen LogP contribution in [-0.4, -0.2) is 61.8 Å². The van der Waals surface area contributed by atoms with E-state index in [1.807, 2.05) is 50.2 Å². The summed E-state index contributed by atoms with van der Waals surface area (Å²) in [4.78, 5) is 30.2. The van der Waals surface area contributed by atoms with Crippen molar-refractivity contribution < 1.29 is 14.7 Å². The zero-order valence-corrected chi connectivity index (χ0v) is 28.3. The minimum absolute atomic E-state index is 0.132. The van der Waals surface area contributed by atoms with Gasteiger partial charge in [-0.2, -0.15) is 0 Å². The van der Waals surface area contributed by atoms with Crippen LogP contribution in [0.4, 0.5) is 5.69 Å². The number of aliphatic hydroxyl groups is 1. The maximum Gasteiger partial charge on any atom is 0.249 e. The van der Waals surface area contributed by atoms with Crippen LogP contribution in [0.5, 0.6) is 0 Å². The van der Waals surface area contributed by atoms with Crippen molar-refractivity contribution >= 4 is 54.9 Å². The summed E-state index contributed by atoms with van der Waals surface area (Å²) < 4.78 is 2.07. The highest BCUT2D eigenvalue weighted by atomic mass is 79.9. The smallest absolute Gasteiger partial charge is 0.249 e. The number of β-amino-alcohol motifs (C(OH)–C–C–N with tert-alkyl or cyclic N) is 1. The molecule has 2 amide bonds. The van der Waals surface area contributed by atoms with Gasteiger partial charge in [-0.05, 0) is 89.3 Å². The summed E-state index contributed by atoms with van der Waals surface area (Å²) in [6.45, 7) is 6.27. The van der Waals surface area contributed by atoms with Gasteiger partial charge in [-0.15, -0.1) is 16.4 Å². The van der Waals surface area contributed by atoms with Gasteiger partial charge in [0.2, 0.25) is 11.8 Å². The fraction of sp³-hybridized carbons (Fsp3) is 0.324. The minimum Gasteiger partial charge on any atom is -0.392 e. The third-order valence-electron chi connectivity index (χ3n) is 8.17. The zero-order valence-electron chi connectivity index (χ0n) is 25.9. The molecule has 238 valence electrons. The average molecular weight is 703 g/mol. The molecule has 1 aliphatic heterocycles. The first-order valence-electron chi connectivity index (χ1n) is 15.3. The number of halogens is 1. The summed E-state index contributed by atoms with van der Waals surface area (Å²) in [7, 11) is 0. The first-order valence-corrected chi connectivity index (χ1v) is 16.9. The van der Waals surface area contributed by atoms with Gasteiger partial charge >= 0.3 is 0 Å². The predicted octanol–water partition coefficient (Wildman–Crippen LogP) is 5.61. The fourth-order valence-electron chi connectivity index (χ4n) is 5.88. The van der Waals surface area contributed by atoms with E-state index in [1.165, 1.54) is 0 Å². The number of anilines is 1. The molecule has 6 rings (SSSR count). The quantitative estimate of drug-likeness (QED) is 0.149. The van der Waals surface area contributed by atoms with Crippen molar-refractivity contribution in [3.05, 3.63) is 82.3 Å². The molecule has 0 spiro atoms. The summed E-state index contributed by atoms with van der Waals surface area (Å²) >= 11 is 5.55.